The van der Waals surface area contributed by atoms with Gasteiger partial charge in [0.15, 0.2) is 0 Å². The van der Waals surface area contributed by atoms with Crippen LogP contribution in [0.3, 0.4) is 0 Å². The molecular formula is C22H30N4O2. The van der Waals surface area contributed by atoms with Crippen molar-refractivity contribution in [1.29, 1.82) is 0 Å². The molecule has 2 heterocycles. The van der Waals surface area contributed by atoms with E-state index in [-0.39, 0.29) is 11.9 Å². The molecule has 4 bridgehead atoms. The number of aromatic nitrogens is 3. The molecular weight excluding hydrogens is 352 g/mol. The van der Waals surface area contributed by atoms with E-state index in [1.165, 1.54) is 38.5 Å². The van der Waals surface area contributed by atoms with Crippen molar-refractivity contribution in [3.63, 3.8) is 0 Å². The minimum Gasteiger partial charge on any atom is -0.350 e. The quantitative estimate of drug-likeness (QED) is 0.845. The lowest BCUT2D eigenvalue weighted by molar-refractivity contribution is -0.0728. The van der Waals surface area contributed by atoms with Crippen LogP contribution in [0.4, 0.5) is 0 Å². The van der Waals surface area contributed by atoms with Gasteiger partial charge in [-0.3, -0.25) is 9.48 Å². The van der Waals surface area contributed by atoms with Crippen LogP contribution >= 0.6 is 0 Å². The van der Waals surface area contributed by atoms with Crippen molar-refractivity contribution < 1.29 is 9.32 Å². The molecule has 0 spiro atoms. The number of nitrogens with zero attached hydrogens (tertiary/aromatic N) is 3. The second-order valence-electron chi connectivity index (χ2n) is 9.56. The summed E-state index contributed by atoms with van der Waals surface area (Å²) in [6, 6.07) is 1.97. The molecule has 6 nitrogen and oxygen atoms in total. The summed E-state index contributed by atoms with van der Waals surface area (Å²) in [7, 11) is 1.89. The summed E-state index contributed by atoms with van der Waals surface area (Å²) in [4.78, 5) is 13.0. The molecule has 0 saturated heterocycles. The number of amides is 1. The van der Waals surface area contributed by atoms with Gasteiger partial charge in [0, 0.05) is 30.4 Å². The molecule has 6 heteroatoms. The number of hydrogen-bond acceptors (Lipinski definition) is 4. The van der Waals surface area contributed by atoms with E-state index in [0.29, 0.717) is 16.9 Å². The molecule has 150 valence electrons. The zero-order chi connectivity index (χ0) is 19.5. The van der Waals surface area contributed by atoms with Gasteiger partial charge < -0.3 is 9.84 Å². The summed E-state index contributed by atoms with van der Waals surface area (Å²) in [5.41, 5.74) is 2.86. The maximum Gasteiger partial charge on any atom is 0.290 e. The normalized spacial score (nSPS) is 31.9. The van der Waals surface area contributed by atoms with Gasteiger partial charge >= 0.3 is 0 Å². The molecule has 1 N–H and O–H groups in total. The smallest absolute Gasteiger partial charge is 0.290 e. The van der Waals surface area contributed by atoms with E-state index in [1.54, 1.807) is 16.9 Å². The molecule has 4 aliphatic rings. The summed E-state index contributed by atoms with van der Waals surface area (Å²) >= 11 is 0. The highest BCUT2D eigenvalue weighted by molar-refractivity contribution is 5.92. The Morgan fingerprint density at radius 2 is 1.93 bits per heavy atom. The average molecular weight is 383 g/mol. The Kier molecular flexibility index (Phi) is 4.14. The molecule has 0 aliphatic heterocycles. The molecule has 1 amide bonds. The Balaban J connectivity index is 1.34. The van der Waals surface area contributed by atoms with Gasteiger partial charge in [0.05, 0.1) is 6.20 Å². The van der Waals surface area contributed by atoms with Gasteiger partial charge in [0.2, 0.25) is 5.76 Å². The second kappa shape index (κ2) is 6.46. The monoisotopic (exact) mass is 382 g/mol. The van der Waals surface area contributed by atoms with E-state index >= 15 is 0 Å². The number of carbonyl (C=O) groups excluding carboxylic acids is 1. The van der Waals surface area contributed by atoms with Crippen molar-refractivity contribution in [2.45, 2.75) is 64.8 Å². The Labute approximate surface area is 166 Å². The number of aryl methyl sites for hydroxylation is 1. The predicted octanol–water partition coefficient (Wildman–Crippen LogP) is 4.11. The van der Waals surface area contributed by atoms with Gasteiger partial charge in [-0.25, -0.2) is 0 Å². The number of rotatable bonds is 5. The van der Waals surface area contributed by atoms with Gasteiger partial charge in [0.1, 0.15) is 5.69 Å². The molecule has 1 atom stereocenters. The van der Waals surface area contributed by atoms with E-state index in [2.05, 4.69) is 22.5 Å². The summed E-state index contributed by atoms with van der Waals surface area (Å²) < 4.78 is 7.21. The molecule has 4 aliphatic carbocycles. The lowest BCUT2D eigenvalue weighted by Crippen LogP contribution is -2.56. The van der Waals surface area contributed by atoms with Crippen LogP contribution in [0.25, 0.3) is 11.3 Å². The molecule has 2 aromatic heterocycles. The van der Waals surface area contributed by atoms with E-state index in [4.69, 9.17) is 4.52 Å². The van der Waals surface area contributed by atoms with Crippen LogP contribution in [0.5, 0.6) is 0 Å². The van der Waals surface area contributed by atoms with Crippen LogP contribution in [-0.2, 0) is 7.05 Å². The van der Waals surface area contributed by atoms with Gasteiger partial charge in [-0.05, 0) is 75.0 Å². The Hall–Kier alpha value is -2.11. The van der Waals surface area contributed by atoms with Crippen molar-refractivity contribution in [2.24, 2.45) is 30.2 Å². The highest BCUT2D eigenvalue weighted by Crippen LogP contribution is 2.61. The molecule has 0 unspecified atom stereocenters. The molecule has 6 rings (SSSR count). The number of hydrogen-bond donors (Lipinski definition) is 1. The van der Waals surface area contributed by atoms with Crippen LogP contribution in [0.15, 0.2) is 16.8 Å². The third-order valence-corrected chi connectivity index (χ3v) is 7.78. The summed E-state index contributed by atoms with van der Waals surface area (Å²) in [6.07, 6.45) is 10.8. The van der Waals surface area contributed by atoms with E-state index in [9.17, 15) is 4.79 Å². The van der Waals surface area contributed by atoms with Crippen LogP contribution in [0.1, 0.15) is 68.1 Å². The standard InChI is InChI=1S/C22H30N4O2/c1-4-20(22-9-14-5-15(10-22)7-16(6-14)11-22)24-21(27)19-8-18(25-28-19)17-12-23-26(3)13(17)2/h8,12,14-16,20H,4-7,9-11H2,1-3H3,(H,24,27)/t14?,15?,16?,20-,22?/m1/s1. The Bertz CT molecular complexity index is 861. The largest absolute Gasteiger partial charge is 0.350 e. The fraction of sp³-hybridized carbons (Fsp3) is 0.682. The molecule has 4 saturated carbocycles. The maximum atomic E-state index is 13.0. The van der Waals surface area contributed by atoms with E-state index in [0.717, 1.165) is 35.4 Å². The summed E-state index contributed by atoms with van der Waals surface area (Å²) in [5.74, 6) is 2.79. The van der Waals surface area contributed by atoms with Crippen molar-refractivity contribution in [2.75, 3.05) is 0 Å². The highest BCUT2D eigenvalue weighted by Gasteiger charge is 2.54. The van der Waals surface area contributed by atoms with Crippen molar-refractivity contribution in [3.8, 4) is 11.3 Å². The van der Waals surface area contributed by atoms with Crippen molar-refractivity contribution in [3.05, 3.63) is 23.7 Å². The highest BCUT2D eigenvalue weighted by atomic mass is 16.5. The number of carbonyl (C=O) groups is 1. The zero-order valence-corrected chi connectivity index (χ0v) is 17.1. The van der Waals surface area contributed by atoms with Crippen molar-refractivity contribution in [1.82, 2.24) is 20.3 Å². The van der Waals surface area contributed by atoms with Gasteiger partial charge in [-0.1, -0.05) is 12.1 Å². The van der Waals surface area contributed by atoms with E-state index in [1.807, 2.05) is 14.0 Å². The van der Waals surface area contributed by atoms with Crippen molar-refractivity contribution >= 4 is 5.91 Å². The first-order valence-electron chi connectivity index (χ1n) is 10.7. The Morgan fingerprint density at radius 1 is 1.29 bits per heavy atom. The summed E-state index contributed by atoms with van der Waals surface area (Å²) in [5, 5.41) is 11.7. The molecule has 28 heavy (non-hydrogen) atoms. The fourth-order valence-electron chi connectivity index (χ4n) is 6.78. The molecule has 0 radical (unpaired) electrons. The van der Waals surface area contributed by atoms with Crippen LogP contribution in [0.2, 0.25) is 0 Å². The maximum absolute atomic E-state index is 13.0. The zero-order valence-electron chi connectivity index (χ0n) is 17.1. The number of nitrogens with one attached hydrogen (secondary N) is 1. The minimum absolute atomic E-state index is 0.136. The van der Waals surface area contributed by atoms with Crippen LogP contribution < -0.4 is 5.32 Å². The predicted molar refractivity (Wildman–Crippen MR) is 106 cm³/mol. The first-order chi connectivity index (χ1) is 13.5. The topological polar surface area (TPSA) is 73.0 Å². The molecule has 2 aromatic rings. The molecule has 4 fully saturated rings. The molecule has 0 aromatic carbocycles. The third kappa shape index (κ3) is 2.80. The lowest BCUT2D eigenvalue weighted by atomic mass is 9.47. The lowest BCUT2D eigenvalue weighted by Gasteiger charge is -2.59. The van der Waals surface area contributed by atoms with Gasteiger partial charge in [0.25, 0.3) is 5.91 Å². The first-order valence-corrected chi connectivity index (χ1v) is 10.7. The second-order valence-corrected chi connectivity index (χ2v) is 9.56. The van der Waals surface area contributed by atoms with Gasteiger partial charge in [-0.15, -0.1) is 0 Å². The summed E-state index contributed by atoms with van der Waals surface area (Å²) in [6.45, 7) is 4.19. The Morgan fingerprint density at radius 3 is 2.46 bits per heavy atom. The van der Waals surface area contributed by atoms with Gasteiger partial charge in [-0.2, -0.15) is 5.10 Å². The van der Waals surface area contributed by atoms with Crippen LogP contribution in [-0.4, -0.2) is 26.9 Å². The SMILES string of the molecule is CC[C@@H](NC(=O)c1cc(-c2cnn(C)c2C)no1)C12CC3CC(CC(C3)C1)C2. The third-order valence-electron chi connectivity index (χ3n) is 7.78. The van der Waals surface area contributed by atoms with Crippen LogP contribution in [0, 0.1) is 30.1 Å². The van der Waals surface area contributed by atoms with E-state index < -0.39 is 0 Å². The fourth-order valence-corrected chi connectivity index (χ4v) is 6.78. The minimum atomic E-state index is -0.136. The first kappa shape index (κ1) is 18.0. The average Bonchev–Trinajstić information content (AvgIpc) is 3.26.